The average molecular weight is 252 g/mol. The van der Waals surface area contributed by atoms with Crippen molar-refractivity contribution in [1.29, 1.82) is 0 Å². The van der Waals surface area contributed by atoms with Crippen molar-refractivity contribution in [1.82, 2.24) is 0 Å². The van der Waals surface area contributed by atoms with E-state index < -0.39 is 17.5 Å². The molecule has 0 saturated carbocycles. The standard InChI is InChI=1S/C13H16O5/c1-13(2,3)18-11(15)7-8-4-5-10(14)9(6-8)12(16)17/h4-6,14H,7H2,1-3H3,(H,16,17). The van der Waals surface area contributed by atoms with E-state index in [0.717, 1.165) is 0 Å². The molecule has 5 nitrogen and oxygen atoms in total. The summed E-state index contributed by atoms with van der Waals surface area (Å²) in [5.74, 6) is -2.00. The van der Waals surface area contributed by atoms with Crippen molar-refractivity contribution in [3.63, 3.8) is 0 Å². The van der Waals surface area contributed by atoms with E-state index in [4.69, 9.17) is 9.84 Å². The van der Waals surface area contributed by atoms with E-state index in [1.165, 1.54) is 18.2 Å². The number of carboxylic acids is 1. The average Bonchev–Trinajstić information content (AvgIpc) is 2.17. The van der Waals surface area contributed by atoms with Crippen LogP contribution in [0.15, 0.2) is 18.2 Å². The van der Waals surface area contributed by atoms with Gasteiger partial charge in [-0.1, -0.05) is 6.07 Å². The number of carbonyl (C=O) groups excluding carboxylic acids is 1. The van der Waals surface area contributed by atoms with E-state index in [-0.39, 0.29) is 17.7 Å². The maximum absolute atomic E-state index is 11.6. The van der Waals surface area contributed by atoms with Crippen molar-refractivity contribution in [2.75, 3.05) is 0 Å². The van der Waals surface area contributed by atoms with Gasteiger partial charge in [0.15, 0.2) is 0 Å². The summed E-state index contributed by atoms with van der Waals surface area (Å²) in [6.45, 7) is 5.26. The highest BCUT2D eigenvalue weighted by molar-refractivity contribution is 5.91. The van der Waals surface area contributed by atoms with Crippen LogP contribution in [0.3, 0.4) is 0 Å². The molecule has 0 atom stereocenters. The number of benzene rings is 1. The van der Waals surface area contributed by atoms with E-state index in [1.807, 2.05) is 0 Å². The highest BCUT2D eigenvalue weighted by Gasteiger charge is 2.17. The summed E-state index contributed by atoms with van der Waals surface area (Å²) >= 11 is 0. The van der Waals surface area contributed by atoms with Crippen LogP contribution in [0.5, 0.6) is 5.75 Å². The van der Waals surface area contributed by atoms with E-state index in [9.17, 15) is 14.7 Å². The van der Waals surface area contributed by atoms with Crippen molar-refractivity contribution in [2.45, 2.75) is 32.8 Å². The van der Waals surface area contributed by atoms with Crippen molar-refractivity contribution in [3.05, 3.63) is 29.3 Å². The van der Waals surface area contributed by atoms with Gasteiger partial charge in [0, 0.05) is 0 Å². The molecule has 0 aliphatic heterocycles. The third-order valence-corrected chi connectivity index (χ3v) is 2.06. The lowest BCUT2D eigenvalue weighted by Crippen LogP contribution is -2.24. The number of rotatable bonds is 3. The fraction of sp³-hybridized carbons (Fsp3) is 0.385. The van der Waals surface area contributed by atoms with Crippen LogP contribution in [0.1, 0.15) is 36.7 Å². The van der Waals surface area contributed by atoms with Gasteiger partial charge in [-0.05, 0) is 38.5 Å². The summed E-state index contributed by atoms with van der Waals surface area (Å²) in [6.07, 6.45) is -0.0299. The van der Waals surface area contributed by atoms with Gasteiger partial charge in [0.05, 0.1) is 6.42 Å². The molecule has 0 spiro atoms. The lowest BCUT2D eigenvalue weighted by atomic mass is 10.1. The van der Waals surface area contributed by atoms with Gasteiger partial charge in [-0.3, -0.25) is 4.79 Å². The minimum Gasteiger partial charge on any atom is -0.507 e. The van der Waals surface area contributed by atoms with Crippen molar-refractivity contribution >= 4 is 11.9 Å². The zero-order chi connectivity index (χ0) is 13.9. The largest absolute Gasteiger partial charge is 0.507 e. The second kappa shape index (κ2) is 5.08. The van der Waals surface area contributed by atoms with E-state index in [2.05, 4.69) is 0 Å². The summed E-state index contributed by atoms with van der Waals surface area (Å²) in [6, 6.07) is 4.01. The lowest BCUT2D eigenvalue weighted by Gasteiger charge is -2.19. The van der Waals surface area contributed by atoms with Gasteiger partial charge in [-0.2, -0.15) is 0 Å². The fourth-order valence-electron chi connectivity index (χ4n) is 1.41. The number of aromatic carboxylic acids is 1. The summed E-state index contributed by atoms with van der Waals surface area (Å²) in [4.78, 5) is 22.4. The minimum atomic E-state index is -1.24. The molecule has 5 heteroatoms. The molecule has 98 valence electrons. The highest BCUT2D eigenvalue weighted by Crippen LogP contribution is 2.19. The number of carboxylic acid groups (broad SMARTS) is 1. The smallest absolute Gasteiger partial charge is 0.339 e. The summed E-state index contributed by atoms with van der Waals surface area (Å²) in [5.41, 5.74) is -0.320. The van der Waals surface area contributed by atoms with Gasteiger partial charge < -0.3 is 14.9 Å². The van der Waals surface area contributed by atoms with Gasteiger partial charge in [-0.25, -0.2) is 4.79 Å². The SMILES string of the molecule is CC(C)(C)OC(=O)Cc1ccc(O)c(C(=O)O)c1. The van der Waals surface area contributed by atoms with Crippen molar-refractivity contribution < 1.29 is 24.5 Å². The van der Waals surface area contributed by atoms with Crippen molar-refractivity contribution in [2.24, 2.45) is 0 Å². The second-order valence-electron chi connectivity index (χ2n) is 4.92. The molecule has 0 radical (unpaired) electrons. The molecule has 1 rings (SSSR count). The number of hydrogen-bond donors (Lipinski definition) is 2. The molecule has 1 aromatic rings. The molecule has 0 amide bonds. The maximum atomic E-state index is 11.6. The third kappa shape index (κ3) is 4.08. The molecular formula is C13H16O5. The lowest BCUT2D eigenvalue weighted by molar-refractivity contribution is -0.153. The first-order chi connectivity index (χ1) is 8.19. The number of aromatic hydroxyl groups is 1. The second-order valence-corrected chi connectivity index (χ2v) is 4.92. The van der Waals surface area contributed by atoms with Crippen LogP contribution in [0.4, 0.5) is 0 Å². The fourth-order valence-corrected chi connectivity index (χ4v) is 1.41. The summed E-state index contributed by atoms with van der Waals surface area (Å²) in [7, 11) is 0. The summed E-state index contributed by atoms with van der Waals surface area (Å²) in [5, 5.41) is 18.2. The molecule has 1 aromatic carbocycles. The first-order valence-corrected chi connectivity index (χ1v) is 5.46. The number of phenols is 1. The quantitative estimate of drug-likeness (QED) is 0.803. The minimum absolute atomic E-state index is 0.0299. The monoisotopic (exact) mass is 252 g/mol. The molecule has 0 unspecified atom stereocenters. The first kappa shape index (κ1) is 14.0. The Morgan fingerprint density at radius 3 is 2.39 bits per heavy atom. The van der Waals surface area contributed by atoms with Crippen LogP contribution >= 0.6 is 0 Å². The molecule has 0 aliphatic rings. The third-order valence-electron chi connectivity index (χ3n) is 2.06. The Morgan fingerprint density at radius 1 is 1.28 bits per heavy atom. The summed E-state index contributed by atoms with van der Waals surface area (Å²) < 4.78 is 5.12. The first-order valence-electron chi connectivity index (χ1n) is 5.46. The maximum Gasteiger partial charge on any atom is 0.339 e. The van der Waals surface area contributed by atoms with E-state index in [0.29, 0.717) is 5.56 Å². The van der Waals surface area contributed by atoms with Gasteiger partial charge in [-0.15, -0.1) is 0 Å². The molecule has 2 N–H and O–H groups in total. The Morgan fingerprint density at radius 2 is 1.89 bits per heavy atom. The van der Waals surface area contributed by atoms with E-state index >= 15 is 0 Å². The molecule has 0 heterocycles. The van der Waals surface area contributed by atoms with Gasteiger partial charge in [0.25, 0.3) is 0 Å². The van der Waals surface area contributed by atoms with Gasteiger partial charge in [0.1, 0.15) is 16.9 Å². The zero-order valence-corrected chi connectivity index (χ0v) is 10.6. The number of ether oxygens (including phenoxy) is 1. The van der Waals surface area contributed by atoms with Gasteiger partial charge >= 0.3 is 11.9 Å². The normalized spacial score (nSPS) is 11.1. The molecule has 0 aromatic heterocycles. The predicted molar refractivity (Wildman–Crippen MR) is 64.6 cm³/mol. The van der Waals surface area contributed by atoms with Crippen LogP contribution in [0, 0.1) is 0 Å². The molecule has 0 bridgehead atoms. The number of esters is 1. The number of carbonyl (C=O) groups is 2. The number of hydrogen-bond acceptors (Lipinski definition) is 4. The molecule has 0 saturated heterocycles. The Labute approximate surface area is 105 Å². The molecule has 0 fully saturated rings. The Balaban J connectivity index is 2.83. The van der Waals surface area contributed by atoms with Crippen molar-refractivity contribution in [3.8, 4) is 5.75 Å². The topological polar surface area (TPSA) is 83.8 Å². The Bertz CT molecular complexity index is 471. The van der Waals surface area contributed by atoms with Crippen LogP contribution in [0.25, 0.3) is 0 Å². The molecule has 18 heavy (non-hydrogen) atoms. The van der Waals surface area contributed by atoms with E-state index in [1.54, 1.807) is 20.8 Å². The molecular weight excluding hydrogens is 236 g/mol. The van der Waals surface area contributed by atoms with Crippen LogP contribution in [0.2, 0.25) is 0 Å². The highest BCUT2D eigenvalue weighted by atomic mass is 16.6. The Kier molecular flexibility index (Phi) is 3.96. The molecule has 0 aliphatic carbocycles. The zero-order valence-electron chi connectivity index (χ0n) is 10.6. The Hall–Kier alpha value is -2.04. The van der Waals surface area contributed by atoms with Crippen LogP contribution < -0.4 is 0 Å². The predicted octanol–water partition coefficient (Wildman–Crippen LogP) is 1.97. The van der Waals surface area contributed by atoms with Gasteiger partial charge in [0.2, 0.25) is 0 Å². The van der Waals surface area contributed by atoms with Crippen LogP contribution in [-0.2, 0) is 16.0 Å². The van der Waals surface area contributed by atoms with Crippen LogP contribution in [-0.4, -0.2) is 27.8 Å².